The third kappa shape index (κ3) is 4.11. The van der Waals surface area contributed by atoms with Crippen LogP contribution in [0.15, 0.2) is 59.5 Å². The maximum absolute atomic E-state index is 12.7. The largest absolute Gasteiger partial charge is 0.382 e. The molecule has 0 unspecified atom stereocenters. The van der Waals surface area contributed by atoms with E-state index in [0.717, 1.165) is 27.8 Å². The van der Waals surface area contributed by atoms with Crippen LogP contribution in [0, 0.1) is 6.92 Å². The van der Waals surface area contributed by atoms with Gasteiger partial charge >= 0.3 is 0 Å². The lowest BCUT2D eigenvalue weighted by Gasteiger charge is -2.19. The fourth-order valence-electron chi connectivity index (χ4n) is 3.38. The Hall–Kier alpha value is -3.39. The summed E-state index contributed by atoms with van der Waals surface area (Å²) in [6, 6.07) is 16.0. The van der Waals surface area contributed by atoms with Crippen molar-refractivity contribution in [3.05, 3.63) is 65.9 Å². The molecular weight excluding hydrogens is 410 g/mol. The number of fused-ring (bicyclic) bond motifs is 1. The summed E-state index contributed by atoms with van der Waals surface area (Å²) in [4.78, 5) is 4.90. The summed E-state index contributed by atoms with van der Waals surface area (Å²) in [5.74, 6) is 0.377. The van der Waals surface area contributed by atoms with Gasteiger partial charge in [-0.1, -0.05) is 45.0 Å². The molecule has 31 heavy (non-hydrogen) atoms. The van der Waals surface area contributed by atoms with Gasteiger partial charge in [-0.15, -0.1) is 0 Å². The molecule has 0 amide bonds. The van der Waals surface area contributed by atoms with E-state index in [4.69, 9.17) is 5.73 Å². The molecule has 0 aliphatic carbocycles. The number of aromatic nitrogens is 3. The molecule has 2 aromatic heterocycles. The zero-order chi connectivity index (χ0) is 22.4. The molecule has 0 aliphatic rings. The molecule has 160 valence electrons. The topological polar surface area (TPSA) is 114 Å². The van der Waals surface area contributed by atoms with Gasteiger partial charge in [0.1, 0.15) is 0 Å². The van der Waals surface area contributed by atoms with E-state index in [1.807, 2.05) is 31.2 Å². The SMILES string of the molecule is Cc1cccc(S(=O)(=O)Nc2ccc(-c3cc(C(C)(C)C)nc4[nH]nc(N)c34)cc2)c1. The zero-order valence-electron chi connectivity index (χ0n) is 17.9. The second-order valence-electron chi connectivity index (χ2n) is 8.64. The minimum Gasteiger partial charge on any atom is -0.382 e. The molecule has 2 heterocycles. The maximum Gasteiger partial charge on any atom is 0.261 e. The van der Waals surface area contributed by atoms with Crippen LogP contribution in [-0.2, 0) is 15.4 Å². The van der Waals surface area contributed by atoms with Crippen LogP contribution in [-0.4, -0.2) is 23.6 Å². The van der Waals surface area contributed by atoms with E-state index in [-0.39, 0.29) is 10.3 Å². The quantitative estimate of drug-likeness (QED) is 0.433. The van der Waals surface area contributed by atoms with Crippen molar-refractivity contribution < 1.29 is 8.42 Å². The highest BCUT2D eigenvalue weighted by atomic mass is 32.2. The minimum absolute atomic E-state index is 0.161. The number of rotatable bonds is 4. The number of aromatic amines is 1. The van der Waals surface area contributed by atoms with E-state index >= 15 is 0 Å². The normalized spacial score (nSPS) is 12.3. The lowest BCUT2D eigenvalue weighted by atomic mass is 9.89. The number of pyridine rings is 1. The first kappa shape index (κ1) is 20.9. The summed E-state index contributed by atoms with van der Waals surface area (Å²) in [6.45, 7) is 8.13. The van der Waals surface area contributed by atoms with E-state index in [1.54, 1.807) is 30.3 Å². The van der Waals surface area contributed by atoms with Crippen LogP contribution < -0.4 is 10.5 Å². The molecule has 4 aromatic rings. The Kier molecular flexibility index (Phi) is 4.97. The van der Waals surface area contributed by atoms with Crippen LogP contribution in [0.4, 0.5) is 11.5 Å². The Bertz CT molecular complexity index is 1370. The van der Waals surface area contributed by atoms with Crippen molar-refractivity contribution in [2.24, 2.45) is 0 Å². The molecule has 0 saturated carbocycles. The van der Waals surface area contributed by atoms with Gasteiger partial charge in [0.25, 0.3) is 10.0 Å². The van der Waals surface area contributed by atoms with Gasteiger partial charge in [-0.25, -0.2) is 13.4 Å². The molecule has 8 heteroatoms. The minimum atomic E-state index is -3.67. The predicted molar refractivity (Wildman–Crippen MR) is 124 cm³/mol. The van der Waals surface area contributed by atoms with Crippen LogP contribution >= 0.6 is 0 Å². The Balaban J connectivity index is 1.72. The summed E-state index contributed by atoms with van der Waals surface area (Å²) in [5.41, 5.74) is 10.6. The Morgan fingerprint density at radius 2 is 1.74 bits per heavy atom. The number of nitrogen functional groups attached to an aromatic ring is 1. The molecule has 0 aliphatic heterocycles. The van der Waals surface area contributed by atoms with Gasteiger partial charge in [-0.3, -0.25) is 9.82 Å². The molecular formula is C23H25N5O2S. The number of aryl methyl sites for hydroxylation is 1. The number of anilines is 2. The standard InChI is InChI=1S/C23H25N5O2S/c1-14-6-5-7-17(12-14)31(29,30)28-16-10-8-15(9-11-16)18-13-19(23(2,3)4)25-22-20(18)21(24)26-27-22/h5-13,28H,1-4H3,(H3,24,25,26,27). The first-order chi connectivity index (χ1) is 14.5. The van der Waals surface area contributed by atoms with Gasteiger partial charge in [-0.2, -0.15) is 5.10 Å². The summed E-state index contributed by atoms with van der Waals surface area (Å²) < 4.78 is 28.0. The molecule has 7 nitrogen and oxygen atoms in total. The van der Waals surface area contributed by atoms with E-state index in [9.17, 15) is 8.42 Å². The predicted octanol–water partition coefficient (Wildman–Crippen LogP) is 4.61. The highest BCUT2D eigenvalue weighted by molar-refractivity contribution is 7.92. The van der Waals surface area contributed by atoms with Crippen molar-refractivity contribution in [2.75, 3.05) is 10.5 Å². The average Bonchev–Trinajstić information content (AvgIpc) is 3.08. The first-order valence-corrected chi connectivity index (χ1v) is 11.4. The van der Waals surface area contributed by atoms with Crippen molar-refractivity contribution in [3.8, 4) is 11.1 Å². The second kappa shape index (κ2) is 7.39. The highest BCUT2D eigenvalue weighted by Crippen LogP contribution is 2.35. The number of nitrogens with one attached hydrogen (secondary N) is 2. The van der Waals surface area contributed by atoms with Crippen molar-refractivity contribution >= 4 is 32.6 Å². The average molecular weight is 436 g/mol. The fraction of sp³-hybridized carbons (Fsp3) is 0.217. The Labute approximate surface area is 181 Å². The molecule has 4 rings (SSSR count). The summed E-state index contributed by atoms with van der Waals surface area (Å²) >= 11 is 0. The first-order valence-electron chi connectivity index (χ1n) is 9.89. The molecule has 2 aromatic carbocycles. The van der Waals surface area contributed by atoms with Gasteiger partial charge in [0, 0.05) is 16.8 Å². The van der Waals surface area contributed by atoms with Crippen LogP contribution in [0.2, 0.25) is 0 Å². The highest BCUT2D eigenvalue weighted by Gasteiger charge is 2.21. The summed E-state index contributed by atoms with van der Waals surface area (Å²) in [6.07, 6.45) is 0. The van der Waals surface area contributed by atoms with Gasteiger partial charge in [0.05, 0.1) is 10.3 Å². The van der Waals surface area contributed by atoms with Crippen molar-refractivity contribution in [3.63, 3.8) is 0 Å². The molecule has 4 N–H and O–H groups in total. The number of hydrogen-bond acceptors (Lipinski definition) is 5. The fourth-order valence-corrected chi connectivity index (χ4v) is 4.54. The Morgan fingerprint density at radius 3 is 2.39 bits per heavy atom. The van der Waals surface area contributed by atoms with Gasteiger partial charge in [0.2, 0.25) is 0 Å². The van der Waals surface area contributed by atoms with E-state index in [0.29, 0.717) is 17.2 Å². The van der Waals surface area contributed by atoms with Crippen LogP contribution in [0.5, 0.6) is 0 Å². The van der Waals surface area contributed by atoms with Crippen LogP contribution in [0.25, 0.3) is 22.2 Å². The number of sulfonamides is 1. The second-order valence-corrected chi connectivity index (χ2v) is 10.3. The van der Waals surface area contributed by atoms with Crippen LogP contribution in [0.3, 0.4) is 0 Å². The summed E-state index contributed by atoms with van der Waals surface area (Å²) in [7, 11) is -3.67. The van der Waals surface area contributed by atoms with Crippen molar-refractivity contribution in [2.45, 2.75) is 38.0 Å². The number of H-pyrrole nitrogens is 1. The molecule has 0 fully saturated rings. The molecule has 0 bridgehead atoms. The monoisotopic (exact) mass is 435 g/mol. The molecule has 0 spiro atoms. The third-order valence-electron chi connectivity index (χ3n) is 5.07. The van der Waals surface area contributed by atoms with Crippen molar-refractivity contribution in [1.82, 2.24) is 15.2 Å². The number of benzene rings is 2. The smallest absolute Gasteiger partial charge is 0.261 e. The number of nitrogens with zero attached hydrogens (tertiary/aromatic N) is 2. The lowest BCUT2D eigenvalue weighted by molar-refractivity contribution is 0.571. The van der Waals surface area contributed by atoms with E-state index in [2.05, 4.69) is 40.7 Å². The molecule has 0 atom stereocenters. The summed E-state index contributed by atoms with van der Waals surface area (Å²) in [5, 5.41) is 7.76. The zero-order valence-corrected chi connectivity index (χ0v) is 18.7. The van der Waals surface area contributed by atoms with Crippen LogP contribution in [0.1, 0.15) is 32.0 Å². The molecule has 0 radical (unpaired) electrons. The third-order valence-corrected chi connectivity index (χ3v) is 6.45. The van der Waals surface area contributed by atoms with Gasteiger partial charge in [-0.05, 0) is 53.9 Å². The maximum atomic E-state index is 12.7. The molecule has 0 saturated heterocycles. The van der Waals surface area contributed by atoms with Gasteiger partial charge < -0.3 is 5.73 Å². The number of hydrogen-bond donors (Lipinski definition) is 3. The lowest BCUT2D eigenvalue weighted by Crippen LogP contribution is -2.14. The van der Waals surface area contributed by atoms with Crippen molar-refractivity contribution in [1.29, 1.82) is 0 Å². The van der Waals surface area contributed by atoms with E-state index < -0.39 is 10.0 Å². The Morgan fingerprint density at radius 1 is 1.03 bits per heavy atom. The van der Waals surface area contributed by atoms with E-state index in [1.165, 1.54) is 0 Å². The van der Waals surface area contributed by atoms with Gasteiger partial charge in [0.15, 0.2) is 11.5 Å². The number of nitrogens with two attached hydrogens (primary N) is 1.